The van der Waals surface area contributed by atoms with Gasteiger partial charge in [0.25, 0.3) is 0 Å². The number of hydrogen-bond acceptors (Lipinski definition) is 6. The van der Waals surface area contributed by atoms with Gasteiger partial charge in [-0.1, -0.05) is 5.16 Å². The quantitative estimate of drug-likeness (QED) is 0.746. The van der Waals surface area contributed by atoms with Crippen molar-refractivity contribution in [3.63, 3.8) is 0 Å². The predicted octanol–water partition coefficient (Wildman–Crippen LogP) is 3.25. The van der Waals surface area contributed by atoms with Crippen LogP contribution in [0, 0.1) is 6.92 Å². The molecule has 3 heterocycles. The highest BCUT2D eigenvalue weighted by Gasteiger charge is 2.10. The standard InChI is InChI=1S/C11H9ClN4OS/c1-6-4-8-9(13-5-7-2-3-14-17-7)15-11(12)16-10(8)18-6/h2-4H,5H2,1H3,(H,13,15,16). The number of aryl methyl sites for hydroxylation is 1. The Morgan fingerprint density at radius 1 is 1.44 bits per heavy atom. The summed E-state index contributed by atoms with van der Waals surface area (Å²) in [6.07, 6.45) is 1.61. The molecule has 3 aromatic rings. The third-order valence-corrected chi connectivity index (χ3v) is 3.52. The molecular formula is C11H9ClN4OS. The summed E-state index contributed by atoms with van der Waals surface area (Å²) in [7, 11) is 0. The Bertz CT molecular complexity index is 680. The van der Waals surface area contributed by atoms with Crippen molar-refractivity contribution in [2.75, 3.05) is 5.32 Å². The normalized spacial score (nSPS) is 11.0. The highest BCUT2D eigenvalue weighted by Crippen LogP contribution is 2.29. The molecule has 0 aliphatic carbocycles. The van der Waals surface area contributed by atoms with Crippen LogP contribution in [-0.4, -0.2) is 15.1 Å². The number of nitrogens with zero attached hydrogens (tertiary/aromatic N) is 3. The highest BCUT2D eigenvalue weighted by atomic mass is 35.5. The lowest BCUT2D eigenvalue weighted by atomic mass is 10.3. The van der Waals surface area contributed by atoms with Gasteiger partial charge in [0.15, 0.2) is 5.76 Å². The number of nitrogens with one attached hydrogen (secondary N) is 1. The predicted molar refractivity (Wildman–Crippen MR) is 71.0 cm³/mol. The maximum Gasteiger partial charge on any atom is 0.225 e. The lowest BCUT2D eigenvalue weighted by molar-refractivity contribution is 0.388. The summed E-state index contributed by atoms with van der Waals surface area (Å²) in [5.41, 5.74) is 0. The fourth-order valence-electron chi connectivity index (χ4n) is 1.65. The van der Waals surface area contributed by atoms with Crippen LogP contribution in [0.5, 0.6) is 0 Å². The SMILES string of the molecule is Cc1cc2c(NCc3ccno3)nc(Cl)nc2s1. The molecule has 0 spiro atoms. The van der Waals surface area contributed by atoms with Gasteiger partial charge in [-0.25, -0.2) is 9.97 Å². The van der Waals surface area contributed by atoms with Gasteiger partial charge in [0, 0.05) is 10.9 Å². The molecule has 18 heavy (non-hydrogen) atoms. The van der Waals surface area contributed by atoms with E-state index in [1.54, 1.807) is 23.6 Å². The molecule has 0 saturated heterocycles. The smallest absolute Gasteiger partial charge is 0.225 e. The molecule has 0 aromatic carbocycles. The van der Waals surface area contributed by atoms with Crippen molar-refractivity contribution in [3.8, 4) is 0 Å². The van der Waals surface area contributed by atoms with E-state index in [2.05, 4.69) is 20.4 Å². The monoisotopic (exact) mass is 280 g/mol. The molecule has 0 aliphatic heterocycles. The van der Waals surface area contributed by atoms with Crippen LogP contribution in [0.2, 0.25) is 5.28 Å². The van der Waals surface area contributed by atoms with Crippen LogP contribution in [0.25, 0.3) is 10.2 Å². The van der Waals surface area contributed by atoms with Crippen molar-refractivity contribution >= 4 is 39.0 Å². The Labute approximate surface area is 112 Å². The van der Waals surface area contributed by atoms with Gasteiger partial charge in [-0.2, -0.15) is 0 Å². The number of anilines is 1. The Balaban J connectivity index is 1.95. The van der Waals surface area contributed by atoms with Crippen LogP contribution in [0.4, 0.5) is 5.82 Å². The number of thiophene rings is 1. The summed E-state index contributed by atoms with van der Waals surface area (Å²) in [6.45, 7) is 2.54. The zero-order valence-electron chi connectivity index (χ0n) is 9.48. The van der Waals surface area contributed by atoms with Gasteiger partial charge in [0.2, 0.25) is 5.28 Å². The summed E-state index contributed by atoms with van der Waals surface area (Å²) in [5.74, 6) is 1.45. The van der Waals surface area contributed by atoms with E-state index in [9.17, 15) is 0 Å². The van der Waals surface area contributed by atoms with Crippen molar-refractivity contribution in [2.45, 2.75) is 13.5 Å². The molecule has 0 aliphatic rings. The second kappa shape index (κ2) is 4.55. The zero-order valence-corrected chi connectivity index (χ0v) is 11.0. The molecule has 0 fully saturated rings. The van der Waals surface area contributed by atoms with Gasteiger partial charge in [0.1, 0.15) is 10.6 Å². The lowest BCUT2D eigenvalue weighted by Gasteiger charge is -2.04. The molecule has 3 aromatic heterocycles. The molecule has 7 heteroatoms. The minimum absolute atomic E-state index is 0.240. The summed E-state index contributed by atoms with van der Waals surface area (Å²) in [4.78, 5) is 10.5. The lowest BCUT2D eigenvalue weighted by Crippen LogP contribution is -2.01. The van der Waals surface area contributed by atoms with Crippen molar-refractivity contribution in [2.24, 2.45) is 0 Å². The molecule has 5 nitrogen and oxygen atoms in total. The van der Waals surface area contributed by atoms with E-state index in [-0.39, 0.29) is 5.28 Å². The van der Waals surface area contributed by atoms with Crippen LogP contribution in [0.1, 0.15) is 10.6 Å². The maximum absolute atomic E-state index is 5.90. The van der Waals surface area contributed by atoms with Crippen molar-refractivity contribution in [1.29, 1.82) is 0 Å². The summed E-state index contributed by atoms with van der Waals surface area (Å²) >= 11 is 7.49. The zero-order chi connectivity index (χ0) is 12.5. The molecule has 0 amide bonds. The fourth-order valence-corrected chi connectivity index (χ4v) is 2.75. The van der Waals surface area contributed by atoms with Gasteiger partial charge in [-0.05, 0) is 24.6 Å². The summed E-state index contributed by atoms with van der Waals surface area (Å²) in [6, 6.07) is 3.84. The molecule has 0 bridgehead atoms. The molecular weight excluding hydrogens is 272 g/mol. The molecule has 0 radical (unpaired) electrons. The van der Waals surface area contributed by atoms with E-state index >= 15 is 0 Å². The Morgan fingerprint density at radius 2 is 2.33 bits per heavy atom. The van der Waals surface area contributed by atoms with E-state index in [1.165, 1.54) is 4.88 Å². The fraction of sp³-hybridized carbons (Fsp3) is 0.182. The van der Waals surface area contributed by atoms with E-state index in [0.717, 1.165) is 16.0 Å². The van der Waals surface area contributed by atoms with Gasteiger partial charge >= 0.3 is 0 Å². The number of hydrogen-bond donors (Lipinski definition) is 1. The first-order valence-corrected chi connectivity index (χ1v) is 6.49. The van der Waals surface area contributed by atoms with E-state index in [0.29, 0.717) is 12.4 Å². The largest absolute Gasteiger partial charge is 0.362 e. The van der Waals surface area contributed by atoms with E-state index in [4.69, 9.17) is 16.1 Å². The maximum atomic E-state index is 5.90. The first-order chi connectivity index (χ1) is 8.72. The third-order valence-electron chi connectivity index (χ3n) is 2.41. The third kappa shape index (κ3) is 2.16. The average Bonchev–Trinajstić information content (AvgIpc) is 2.93. The van der Waals surface area contributed by atoms with Crippen LogP contribution >= 0.6 is 22.9 Å². The van der Waals surface area contributed by atoms with E-state index < -0.39 is 0 Å². The Morgan fingerprint density at radius 3 is 3.11 bits per heavy atom. The van der Waals surface area contributed by atoms with Gasteiger partial charge in [-0.3, -0.25) is 0 Å². The molecule has 0 unspecified atom stereocenters. The van der Waals surface area contributed by atoms with Gasteiger partial charge in [-0.15, -0.1) is 11.3 Å². The first kappa shape index (κ1) is 11.4. The van der Waals surface area contributed by atoms with Crippen LogP contribution in [0.15, 0.2) is 22.9 Å². The number of halogens is 1. The summed E-state index contributed by atoms with van der Waals surface area (Å²) in [5, 5.41) is 8.04. The second-order valence-corrected chi connectivity index (χ2v) is 5.32. The average molecular weight is 281 g/mol. The number of fused-ring (bicyclic) bond motifs is 1. The molecule has 3 rings (SSSR count). The number of rotatable bonds is 3. The second-order valence-electron chi connectivity index (χ2n) is 3.75. The summed E-state index contributed by atoms with van der Waals surface area (Å²) < 4.78 is 5.02. The highest BCUT2D eigenvalue weighted by molar-refractivity contribution is 7.18. The van der Waals surface area contributed by atoms with Crippen molar-refractivity contribution < 1.29 is 4.52 Å². The molecule has 0 atom stereocenters. The van der Waals surface area contributed by atoms with Crippen molar-refractivity contribution in [1.82, 2.24) is 15.1 Å². The van der Waals surface area contributed by atoms with Gasteiger partial charge < -0.3 is 9.84 Å². The minimum atomic E-state index is 0.240. The molecule has 92 valence electrons. The first-order valence-electron chi connectivity index (χ1n) is 5.29. The van der Waals surface area contributed by atoms with E-state index in [1.807, 2.05) is 13.0 Å². The molecule has 0 saturated carbocycles. The van der Waals surface area contributed by atoms with Crippen LogP contribution in [0.3, 0.4) is 0 Å². The van der Waals surface area contributed by atoms with Crippen molar-refractivity contribution in [3.05, 3.63) is 34.3 Å². The van der Waals surface area contributed by atoms with Gasteiger partial charge in [0.05, 0.1) is 18.1 Å². The van der Waals surface area contributed by atoms with Crippen LogP contribution < -0.4 is 5.32 Å². The van der Waals surface area contributed by atoms with Crippen LogP contribution in [-0.2, 0) is 6.54 Å². The minimum Gasteiger partial charge on any atom is -0.362 e. The Kier molecular flexibility index (Phi) is 2.89. The number of aromatic nitrogens is 3. The topological polar surface area (TPSA) is 63.8 Å². The molecule has 1 N–H and O–H groups in total. The Hall–Kier alpha value is -1.66.